The van der Waals surface area contributed by atoms with E-state index in [1.54, 1.807) is 15.9 Å². The Balaban J connectivity index is 0. The van der Waals surface area contributed by atoms with Gasteiger partial charge in [0, 0.05) is 0 Å². The van der Waals surface area contributed by atoms with Crippen molar-refractivity contribution in [3.63, 3.8) is 0 Å². The third-order valence-electron chi connectivity index (χ3n) is 2.41. The Kier molecular flexibility index (Phi) is 26.4. The molecule has 0 heterocycles. The van der Waals surface area contributed by atoms with Crippen molar-refractivity contribution >= 4 is 0 Å². The molecule has 0 aromatic heterocycles. The molecule has 0 aromatic carbocycles. The Morgan fingerprint density at radius 1 is 0.643 bits per heavy atom. The average Bonchev–Trinajstić information content (AvgIpc) is 2.20. The third-order valence-corrected chi connectivity index (χ3v) is 12.2. The van der Waals surface area contributed by atoms with Crippen molar-refractivity contribution in [3.05, 3.63) is 0 Å². The van der Waals surface area contributed by atoms with E-state index in [9.17, 15) is 0 Å². The molecule has 0 aliphatic heterocycles. The zero-order valence-electron chi connectivity index (χ0n) is 11.1. The third kappa shape index (κ3) is 23.6. The van der Waals surface area contributed by atoms with Gasteiger partial charge in [-0.25, -0.2) is 0 Å². The molecule has 0 aromatic rings. The molecule has 0 aliphatic rings. The van der Waals surface area contributed by atoms with Gasteiger partial charge in [0.2, 0.25) is 0 Å². The fourth-order valence-electron chi connectivity index (χ4n) is 1.38. The van der Waals surface area contributed by atoms with Crippen LogP contribution < -0.4 is 0 Å². The van der Waals surface area contributed by atoms with Gasteiger partial charge in [0.15, 0.2) is 0 Å². The standard InChI is InChI=1S/2C4H9.2C2H5.2Cd/c2*1-3-4-2;2*1-2;;/h2*1,3-4H2,2H3;2*1H2,2H3;;. The van der Waals surface area contributed by atoms with E-state index < -0.39 is 0 Å². The van der Waals surface area contributed by atoms with E-state index in [4.69, 9.17) is 0 Å². The summed E-state index contributed by atoms with van der Waals surface area (Å²) in [5.41, 5.74) is 0. The molecule has 0 atom stereocenters. The van der Waals surface area contributed by atoms with Crippen molar-refractivity contribution in [3.8, 4) is 0 Å². The van der Waals surface area contributed by atoms with Gasteiger partial charge in [-0.05, 0) is 0 Å². The summed E-state index contributed by atoms with van der Waals surface area (Å²) in [6.07, 6.45) is 5.89. The molecular formula is C12H28Cd2. The Labute approximate surface area is 116 Å². The van der Waals surface area contributed by atoms with E-state index in [0.29, 0.717) is 0 Å². The van der Waals surface area contributed by atoms with Gasteiger partial charge in [0.25, 0.3) is 0 Å². The number of rotatable bonds is 8. The molecule has 80 valence electrons. The molecule has 0 nitrogen and oxygen atoms in total. The van der Waals surface area contributed by atoms with Gasteiger partial charge in [-0.3, -0.25) is 0 Å². The van der Waals surface area contributed by atoms with E-state index >= 15 is 0 Å². The molecule has 0 spiro atoms. The van der Waals surface area contributed by atoms with Gasteiger partial charge in [-0.2, -0.15) is 0 Å². The van der Waals surface area contributed by atoms with Crippen LogP contribution in [0.15, 0.2) is 0 Å². The zero-order chi connectivity index (χ0) is 11.1. The first-order chi connectivity index (χ1) is 6.83. The molecule has 2 heteroatoms. The van der Waals surface area contributed by atoms with Crippen LogP contribution in [0.5, 0.6) is 0 Å². The predicted molar refractivity (Wildman–Crippen MR) is 60.4 cm³/mol. The molecular weight excluding hydrogens is 369 g/mol. The van der Waals surface area contributed by atoms with Gasteiger partial charge in [0.1, 0.15) is 0 Å². The van der Waals surface area contributed by atoms with Gasteiger partial charge in [0.05, 0.1) is 0 Å². The van der Waals surface area contributed by atoms with E-state index in [1.165, 1.54) is 25.7 Å². The molecule has 0 aliphatic carbocycles. The van der Waals surface area contributed by atoms with Gasteiger partial charge in [-0.1, -0.05) is 0 Å². The zero-order valence-corrected chi connectivity index (χ0v) is 19.1. The summed E-state index contributed by atoms with van der Waals surface area (Å²) in [5, 5.41) is 0. The first-order valence-corrected chi connectivity index (χ1v) is 18.2. The number of unbranched alkanes of at least 4 members (excludes halogenated alkanes) is 2. The fourth-order valence-corrected chi connectivity index (χ4v) is 9.28. The fraction of sp³-hybridized carbons (Fsp3) is 1.00. The average molecular weight is 397 g/mol. The molecule has 0 bridgehead atoms. The minimum absolute atomic E-state index is 0.0578. The van der Waals surface area contributed by atoms with E-state index in [-0.39, 0.29) is 48.5 Å². The monoisotopic (exact) mass is 400 g/mol. The van der Waals surface area contributed by atoms with Crippen LogP contribution >= 0.6 is 0 Å². The molecule has 0 rings (SSSR count). The van der Waals surface area contributed by atoms with Gasteiger partial charge >= 0.3 is 118 Å². The molecule has 0 radical (unpaired) electrons. The summed E-state index contributed by atoms with van der Waals surface area (Å²) in [7, 11) is 0. The van der Waals surface area contributed by atoms with Crippen LogP contribution in [0, 0.1) is 0 Å². The Morgan fingerprint density at radius 2 is 1.07 bits per heavy atom. The van der Waals surface area contributed by atoms with Crippen LogP contribution in [0.4, 0.5) is 0 Å². The Bertz CT molecular complexity index is 66.7. The van der Waals surface area contributed by atoms with Crippen LogP contribution in [0.2, 0.25) is 15.9 Å². The first-order valence-electron chi connectivity index (χ1n) is 6.83. The Hall–Kier alpha value is 1.84. The summed E-state index contributed by atoms with van der Waals surface area (Å²) in [5.74, 6) is 0. The predicted octanol–water partition coefficient (Wildman–Crippen LogP) is 5.45. The topological polar surface area (TPSA) is 0 Å². The summed E-state index contributed by atoms with van der Waals surface area (Å²) in [4.78, 5) is 0. The molecule has 0 unspecified atom stereocenters. The van der Waals surface area contributed by atoms with Crippen molar-refractivity contribution in [1.29, 1.82) is 0 Å². The van der Waals surface area contributed by atoms with Crippen LogP contribution in [-0.4, -0.2) is 0 Å². The second-order valence-electron chi connectivity index (χ2n) is 4.12. The Morgan fingerprint density at radius 3 is 1.29 bits per heavy atom. The molecule has 0 N–H and O–H groups in total. The van der Waals surface area contributed by atoms with Crippen molar-refractivity contribution in [2.45, 2.75) is 69.3 Å². The maximum absolute atomic E-state index is 2.31. The van der Waals surface area contributed by atoms with Gasteiger partial charge in [-0.15, -0.1) is 0 Å². The second kappa shape index (κ2) is 20.3. The molecule has 0 saturated heterocycles. The van der Waals surface area contributed by atoms with Crippen LogP contribution in [0.1, 0.15) is 53.4 Å². The van der Waals surface area contributed by atoms with Crippen molar-refractivity contribution < 1.29 is 48.5 Å². The van der Waals surface area contributed by atoms with E-state index in [2.05, 4.69) is 27.7 Å². The number of hydrogen-bond donors (Lipinski definition) is 0. The molecule has 14 heavy (non-hydrogen) atoms. The summed E-state index contributed by atoms with van der Waals surface area (Å²) in [6.45, 7) is 9.20. The summed E-state index contributed by atoms with van der Waals surface area (Å²) in [6, 6.07) is 0. The van der Waals surface area contributed by atoms with Crippen molar-refractivity contribution in [2.75, 3.05) is 0 Å². The SMILES string of the molecule is CCC[CH2][Cd][CH2]CCC.C[CH2][Cd][CH2]C. The van der Waals surface area contributed by atoms with Crippen molar-refractivity contribution in [2.24, 2.45) is 0 Å². The summed E-state index contributed by atoms with van der Waals surface area (Å²) < 4.78 is 6.44. The first kappa shape index (κ1) is 18.2. The normalized spacial score (nSPS) is 8.29. The molecule has 0 amide bonds. The van der Waals surface area contributed by atoms with E-state index in [1.807, 2.05) is 0 Å². The maximum atomic E-state index is 2.31. The summed E-state index contributed by atoms with van der Waals surface area (Å²) >= 11 is -0.217. The van der Waals surface area contributed by atoms with Crippen LogP contribution in [0.3, 0.4) is 0 Å². The van der Waals surface area contributed by atoms with Crippen LogP contribution in [0.25, 0.3) is 0 Å². The quantitative estimate of drug-likeness (QED) is 0.378. The molecule has 0 fully saturated rings. The number of hydrogen-bond acceptors (Lipinski definition) is 0. The minimum atomic E-state index is -0.159. The van der Waals surface area contributed by atoms with Crippen molar-refractivity contribution in [1.82, 2.24) is 0 Å². The van der Waals surface area contributed by atoms with Crippen LogP contribution in [-0.2, 0) is 48.5 Å². The van der Waals surface area contributed by atoms with Gasteiger partial charge < -0.3 is 0 Å². The second-order valence-corrected chi connectivity index (χ2v) is 17.9. The van der Waals surface area contributed by atoms with E-state index in [0.717, 1.165) is 0 Å². The molecule has 0 saturated carbocycles.